The van der Waals surface area contributed by atoms with Gasteiger partial charge in [0.05, 0.1) is 17.4 Å². The third-order valence-electron chi connectivity index (χ3n) is 5.01. The highest BCUT2D eigenvalue weighted by atomic mass is 32.2. The van der Waals surface area contributed by atoms with E-state index in [-0.39, 0.29) is 11.7 Å². The van der Waals surface area contributed by atoms with Crippen LogP contribution in [0.5, 0.6) is 5.75 Å². The van der Waals surface area contributed by atoms with Gasteiger partial charge in [0.1, 0.15) is 11.6 Å². The number of thioether (sulfide) groups is 1. The number of rotatable bonds is 9. The highest BCUT2D eigenvalue weighted by molar-refractivity contribution is 8.00. The van der Waals surface area contributed by atoms with Crippen LogP contribution in [0.1, 0.15) is 12.5 Å². The van der Waals surface area contributed by atoms with Crippen LogP contribution in [-0.2, 0) is 11.3 Å². The van der Waals surface area contributed by atoms with Crippen LogP contribution in [0.15, 0.2) is 84.0 Å². The van der Waals surface area contributed by atoms with Crippen LogP contribution in [0.4, 0.5) is 18.9 Å². The molecule has 0 bridgehead atoms. The van der Waals surface area contributed by atoms with Gasteiger partial charge in [-0.3, -0.25) is 9.36 Å². The molecule has 1 aromatic heterocycles. The Hall–Kier alpha value is -3.79. The van der Waals surface area contributed by atoms with Gasteiger partial charge in [0.15, 0.2) is 11.0 Å². The number of benzene rings is 3. The van der Waals surface area contributed by atoms with Crippen molar-refractivity contribution in [3.05, 3.63) is 90.2 Å². The fourth-order valence-corrected chi connectivity index (χ4v) is 4.15. The molecule has 6 nitrogen and oxygen atoms in total. The molecular weight excluding hydrogens is 477 g/mol. The minimum absolute atomic E-state index is 0.00453. The van der Waals surface area contributed by atoms with Crippen molar-refractivity contribution in [1.82, 2.24) is 14.8 Å². The molecule has 4 rings (SSSR count). The zero-order valence-corrected chi connectivity index (χ0v) is 19.4. The smallest absolute Gasteiger partial charge is 0.387 e. The van der Waals surface area contributed by atoms with E-state index in [4.69, 9.17) is 0 Å². The number of alkyl halides is 2. The molecule has 1 N–H and O–H groups in total. The lowest BCUT2D eigenvalue weighted by atomic mass is 10.2. The van der Waals surface area contributed by atoms with E-state index in [1.165, 1.54) is 42.1 Å². The van der Waals surface area contributed by atoms with E-state index in [1.807, 2.05) is 30.3 Å². The molecule has 180 valence electrons. The molecule has 0 saturated carbocycles. The Balaban J connectivity index is 1.53. The first-order valence-electron chi connectivity index (χ1n) is 10.6. The predicted molar refractivity (Wildman–Crippen MR) is 128 cm³/mol. The van der Waals surface area contributed by atoms with Crippen molar-refractivity contribution < 1.29 is 22.7 Å². The van der Waals surface area contributed by atoms with Crippen LogP contribution in [0.25, 0.3) is 11.4 Å². The second-order valence-electron chi connectivity index (χ2n) is 7.51. The van der Waals surface area contributed by atoms with E-state index in [9.17, 15) is 18.0 Å². The zero-order valence-electron chi connectivity index (χ0n) is 18.6. The van der Waals surface area contributed by atoms with Gasteiger partial charge in [-0.25, -0.2) is 4.39 Å². The van der Waals surface area contributed by atoms with Gasteiger partial charge in [0, 0.05) is 5.69 Å². The number of nitrogens with zero attached hydrogens (tertiary/aromatic N) is 3. The molecule has 0 aliphatic rings. The molecule has 1 amide bonds. The minimum Gasteiger partial charge on any atom is -0.435 e. The Labute approximate surface area is 204 Å². The van der Waals surface area contributed by atoms with Gasteiger partial charge >= 0.3 is 6.61 Å². The Bertz CT molecular complexity index is 1280. The lowest BCUT2D eigenvalue weighted by molar-refractivity contribution is -0.115. The second-order valence-corrected chi connectivity index (χ2v) is 8.82. The fourth-order valence-electron chi connectivity index (χ4n) is 3.30. The molecular formula is C25H21F3N4O2S. The summed E-state index contributed by atoms with van der Waals surface area (Å²) in [6.45, 7) is -0.826. The first kappa shape index (κ1) is 24.3. The lowest BCUT2D eigenvalue weighted by Crippen LogP contribution is -2.23. The standard InChI is InChI=1S/C25H21F3N4O2S/c1-16(23(33)29-18-11-13-19(14-12-18)34-24(27)28)35-25-31-30-22(20-9-5-6-10-21(20)26)32(25)15-17-7-3-2-4-8-17/h2-14,16,24H,15H2,1H3,(H,29,33). The number of aromatic nitrogens is 3. The summed E-state index contributed by atoms with van der Waals surface area (Å²) in [7, 11) is 0. The summed E-state index contributed by atoms with van der Waals surface area (Å²) in [4.78, 5) is 12.8. The van der Waals surface area contributed by atoms with E-state index in [0.29, 0.717) is 28.8 Å². The van der Waals surface area contributed by atoms with Crippen LogP contribution in [-0.4, -0.2) is 32.5 Å². The maximum absolute atomic E-state index is 14.5. The van der Waals surface area contributed by atoms with E-state index >= 15 is 0 Å². The van der Waals surface area contributed by atoms with Crippen LogP contribution >= 0.6 is 11.8 Å². The highest BCUT2D eigenvalue weighted by Crippen LogP contribution is 2.29. The average Bonchev–Trinajstić information content (AvgIpc) is 3.22. The average molecular weight is 499 g/mol. The molecule has 0 fully saturated rings. The Morgan fingerprint density at radius 3 is 2.37 bits per heavy atom. The summed E-state index contributed by atoms with van der Waals surface area (Å²) >= 11 is 1.18. The Kier molecular flexibility index (Phi) is 7.71. The number of ether oxygens (including phenoxy) is 1. The van der Waals surface area contributed by atoms with Crippen molar-refractivity contribution in [3.8, 4) is 17.1 Å². The summed E-state index contributed by atoms with van der Waals surface area (Å²) < 4.78 is 45.3. The number of hydrogen-bond donors (Lipinski definition) is 1. The number of halogens is 3. The largest absolute Gasteiger partial charge is 0.435 e. The van der Waals surface area contributed by atoms with Gasteiger partial charge in [-0.15, -0.1) is 10.2 Å². The van der Waals surface area contributed by atoms with Crippen molar-refractivity contribution in [3.63, 3.8) is 0 Å². The van der Waals surface area contributed by atoms with Gasteiger partial charge < -0.3 is 10.1 Å². The first-order chi connectivity index (χ1) is 16.9. The van der Waals surface area contributed by atoms with Crippen LogP contribution in [0.2, 0.25) is 0 Å². The van der Waals surface area contributed by atoms with E-state index in [1.54, 1.807) is 29.7 Å². The van der Waals surface area contributed by atoms with Crippen molar-refractivity contribution in [2.45, 2.75) is 30.5 Å². The normalized spacial score (nSPS) is 11.9. The Morgan fingerprint density at radius 2 is 1.69 bits per heavy atom. The third-order valence-corrected chi connectivity index (χ3v) is 6.09. The number of carbonyl (C=O) groups is 1. The van der Waals surface area contributed by atoms with E-state index in [0.717, 1.165) is 5.56 Å². The number of carbonyl (C=O) groups excluding carboxylic acids is 1. The molecule has 1 unspecified atom stereocenters. The van der Waals surface area contributed by atoms with Crippen LogP contribution in [0.3, 0.4) is 0 Å². The molecule has 1 heterocycles. The topological polar surface area (TPSA) is 69.0 Å². The zero-order chi connectivity index (χ0) is 24.8. The van der Waals surface area contributed by atoms with Crippen molar-refractivity contribution in [2.75, 3.05) is 5.32 Å². The number of nitrogens with one attached hydrogen (secondary N) is 1. The molecule has 0 aliphatic heterocycles. The van der Waals surface area contributed by atoms with Crippen LogP contribution in [0, 0.1) is 5.82 Å². The third kappa shape index (κ3) is 6.21. The predicted octanol–water partition coefficient (Wildman–Crippen LogP) is 5.85. The molecule has 3 aromatic carbocycles. The van der Waals surface area contributed by atoms with Crippen LogP contribution < -0.4 is 10.1 Å². The molecule has 10 heteroatoms. The maximum atomic E-state index is 14.5. The lowest BCUT2D eigenvalue weighted by Gasteiger charge is -2.14. The minimum atomic E-state index is -2.92. The first-order valence-corrected chi connectivity index (χ1v) is 11.5. The number of amides is 1. The second kappa shape index (κ2) is 11.1. The summed E-state index contributed by atoms with van der Waals surface area (Å²) in [5.41, 5.74) is 1.71. The van der Waals surface area contributed by atoms with Crippen molar-refractivity contribution in [1.29, 1.82) is 0 Å². The van der Waals surface area contributed by atoms with Gasteiger partial charge in [0.25, 0.3) is 0 Å². The molecule has 4 aromatic rings. The maximum Gasteiger partial charge on any atom is 0.387 e. The summed E-state index contributed by atoms with van der Waals surface area (Å²) in [6, 6.07) is 21.5. The molecule has 0 spiro atoms. The van der Waals surface area contributed by atoms with Gasteiger partial charge in [-0.2, -0.15) is 8.78 Å². The van der Waals surface area contributed by atoms with Gasteiger partial charge in [-0.1, -0.05) is 54.2 Å². The molecule has 1 atom stereocenters. The summed E-state index contributed by atoms with van der Waals surface area (Å²) in [5.74, 6) is -0.387. The Morgan fingerprint density at radius 1 is 1.00 bits per heavy atom. The molecule has 0 saturated heterocycles. The van der Waals surface area contributed by atoms with Gasteiger partial charge in [-0.05, 0) is 48.9 Å². The number of hydrogen-bond acceptors (Lipinski definition) is 5. The van der Waals surface area contributed by atoms with E-state index in [2.05, 4.69) is 20.3 Å². The van der Waals surface area contributed by atoms with E-state index < -0.39 is 17.7 Å². The monoisotopic (exact) mass is 498 g/mol. The van der Waals surface area contributed by atoms with Crippen molar-refractivity contribution >= 4 is 23.4 Å². The summed E-state index contributed by atoms with van der Waals surface area (Å²) in [6.07, 6.45) is 0. The fraction of sp³-hybridized carbons (Fsp3) is 0.160. The quantitative estimate of drug-likeness (QED) is 0.293. The highest BCUT2D eigenvalue weighted by Gasteiger charge is 2.22. The molecule has 0 radical (unpaired) electrons. The SMILES string of the molecule is CC(Sc1nnc(-c2ccccc2F)n1Cc1ccccc1)C(=O)Nc1ccc(OC(F)F)cc1. The molecule has 35 heavy (non-hydrogen) atoms. The molecule has 0 aliphatic carbocycles. The summed E-state index contributed by atoms with van der Waals surface area (Å²) in [5, 5.41) is 11.1. The number of anilines is 1. The van der Waals surface area contributed by atoms with Gasteiger partial charge in [0.2, 0.25) is 5.91 Å². The van der Waals surface area contributed by atoms with Crippen molar-refractivity contribution in [2.24, 2.45) is 0 Å².